The average molecular weight is 492 g/mol. The summed E-state index contributed by atoms with van der Waals surface area (Å²) in [4.78, 5) is 26.8. The van der Waals surface area contributed by atoms with Gasteiger partial charge >= 0.3 is 0 Å². The summed E-state index contributed by atoms with van der Waals surface area (Å²) in [6.45, 7) is 0.606. The van der Waals surface area contributed by atoms with E-state index in [-0.39, 0.29) is 29.5 Å². The van der Waals surface area contributed by atoms with Gasteiger partial charge in [-0.1, -0.05) is 12.8 Å². The number of sulfonamides is 1. The Hall–Kier alpha value is -2.85. The van der Waals surface area contributed by atoms with E-state index in [4.69, 9.17) is 0 Å². The van der Waals surface area contributed by atoms with Crippen molar-refractivity contribution in [2.45, 2.75) is 49.8 Å². The summed E-state index contributed by atoms with van der Waals surface area (Å²) >= 11 is 0. The maximum Gasteiger partial charge on any atom is 0.244 e. The number of hydrogen-bond acceptors (Lipinski definition) is 4. The first kappa shape index (κ1) is 24.3. The van der Waals surface area contributed by atoms with E-state index in [9.17, 15) is 26.8 Å². The monoisotopic (exact) mass is 491 g/mol. The second-order valence-electron chi connectivity index (χ2n) is 8.61. The predicted octanol–water partition coefficient (Wildman–Crippen LogP) is 3.84. The molecular weight excluding hydrogens is 464 g/mol. The van der Waals surface area contributed by atoms with Gasteiger partial charge in [0.05, 0.1) is 10.6 Å². The zero-order chi connectivity index (χ0) is 24.3. The minimum atomic E-state index is -3.66. The standard InChI is InChI=1S/C24H27F2N3O4S/c25-18-8-10-21(20(26)15-18)27-23(30)16-29-22-11-9-19(14-17(22)6-5-7-24(29)31)34(32,33)28-12-3-1-2-4-13-28/h8-11,14-15H,1-7,12-13,16H2,(H,27,30). The van der Waals surface area contributed by atoms with Crippen molar-refractivity contribution in [3.63, 3.8) is 0 Å². The maximum atomic E-state index is 13.9. The van der Waals surface area contributed by atoms with Gasteiger partial charge < -0.3 is 10.2 Å². The molecule has 2 aromatic rings. The van der Waals surface area contributed by atoms with E-state index in [2.05, 4.69) is 5.32 Å². The molecule has 2 aromatic carbocycles. The van der Waals surface area contributed by atoms with E-state index in [0.717, 1.165) is 37.8 Å². The van der Waals surface area contributed by atoms with Gasteiger partial charge in [-0.3, -0.25) is 9.59 Å². The molecule has 34 heavy (non-hydrogen) atoms. The number of aryl methyl sites for hydroxylation is 1. The van der Waals surface area contributed by atoms with Crippen molar-refractivity contribution in [2.75, 3.05) is 29.9 Å². The number of carbonyl (C=O) groups is 2. The molecule has 0 aliphatic carbocycles. The largest absolute Gasteiger partial charge is 0.322 e. The number of fused-ring (bicyclic) bond motifs is 1. The summed E-state index contributed by atoms with van der Waals surface area (Å²) < 4.78 is 55.0. The fourth-order valence-corrected chi connectivity index (χ4v) is 5.98. The van der Waals surface area contributed by atoms with Gasteiger partial charge in [-0.05, 0) is 61.6 Å². The van der Waals surface area contributed by atoms with Crippen LogP contribution < -0.4 is 10.2 Å². The number of anilines is 2. The van der Waals surface area contributed by atoms with Crippen molar-refractivity contribution >= 4 is 33.2 Å². The Kier molecular flexibility index (Phi) is 7.27. The molecule has 2 aliphatic heterocycles. The molecule has 182 valence electrons. The van der Waals surface area contributed by atoms with Gasteiger partial charge in [-0.25, -0.2) is 17.2 Å². The van der Waals surface area contributed by atoms with Crippen molar-refractivity contribution in [1.82, 2.24) is 4.31 Å². The molecule has 0 atom stereocenters. The third kappa shape index (κ3) is 5.28. The predicted molar refractivity (Wildman–Crippen MR) is 124 cm³/mol. The molecule has 0 spiro atoms. The van der Waals surface area contributed by atoms with Crippen molar-refractivity contribution in [3.8, 4) is 0 Å². The Morgan fingerprint density at radius 1 is 0.941 bits per heavy atom. The van der Waals surface area contributed by atoms with Crippen LogP contribution >= 0.6 is 0 Å². The second-order valence-corrected chi connectivity index (χ2v) is 10.6. The fraction of sp³-hybridized carbons (Fsp3) is 0.417. The molecule has 4 rings (SSSR count). The molecule has 7 nitrogen and oxygen atoms in total. The van der Waals surface area contributed by atoms with Crippen LogP contribution in [0.3, 0.4) is 0 Å². The Morgan fingerprint density at radius 2 is 1.68 bits per heavy atom. The summed E-state index contributed by atoms with van der Waals surface area (Å²) in [7, 11) is -3.66. The molecule has 0 unspecified atom stereocenters. The number of halogens is 2. The molecule has 10 heteroatoms. The van der Waals surface area contributed by atoms with Gasteiger partial charge in [0.15, 0.2) is 0 Å². The number of benzene rings is 2. The fourth-order valence-electron chi connectivity index (χ4n) is 4.41. The highest BCUT2D eigenvalue weighted by molar-refractivity contribution is 7.89. The lowest BCUT2D eigenvalue weighted by molar-refractivity contribution is -0.121. The van der Waals surface area contributed by atoms with E-state index in [1.165, 1.54) is 15.3 Å². The number of rotatable bonds is 5. The summed E-state index contributed by atoms with van der Waals surface area (Å²) in [5.74, 6) is -2.61. The molecule has 0 aromatic heterocycles. The van der Waals surface area contributed by atoms with E-state index in [0.29, 0.717) is 43.2 Å². The second kappa shape index (κ2) is 10.2. The van der Waals surface area contributed by atoms with E-state index >= 15 is 0 Å². The number of carbonyl (C=O) groups excluding carboxylic acids is 2. The van der Waals surface area contributed by atoms with Crippen molar-refractivity contribution in [3.05, 3.63) is 53.6 Å². The van der Waals surface area contributed by atoms with Gasteiger partial charge in [0.25, 0.3) is 0 Å². The highest BCUT2D eigenvalue weighted by Crippen LogP contribution is 2.31. The van der Waals surface area contributed by atoms with Crippen molar-refractivity contribution < 1.29 is 26.8 Å². The molecule has 1 saturated heterocycles. The third-order valence-corrected chi connectivity index (χ3v) is 8.08. The van der Waals surface area contributed by atoms with Crippen LogP contribution in [0.15, 0.2) is 41.3 Å². The molecule has 0 saturated carbocycles. The lowest BCUT2D eigenvalue weighted by atomic mass is 10.1. The number of nitrogens with one attached hydrogen (secondary N) is 1. The van der Waals surface area contributed by atoms with Gasteiger partial charge in [0.2, 0.25) is 21.8 Å². The number of amides is 2. The molecule has 0 radical (unpaired) electrons. The van der Waals surface area contributed by atoms with Crippen LogP contribution in [0, 0.1) is 11.6 Å². The first-order valence-corrected chi connectivity index (χ1v) is 12.9. The van der Waals surface area contributed by atoms with Crippen molar-refractivity contribution in [1.29, 1.82) is 0 Å². The normalized spacial score (nSPS) is 17.6. The van der Waals surface area contributed by atoms with Gasteiger partial charge in [0, 0.05) is 31.3 Å². The lowest BCUT2D eigenvalue weighted by Gasteiger charge is -2.24. The maximum absolute atomic E-state index is 13.9. The smallest absolute Gasteiger partial charge is 0.244 e. The minimum absolute atomic E-state index is 0.181. The zero-order valence-electron chi connectivity index (χ0n) is 18.7. The van der Waals surface area contributed by atoms with Crippen LogP contribution in [0.1, 0.15) is 44.1 Å². The molecule has 1 fully saturated rings. The SMILES string of the molecule is O=C(CN1C(=O)CCCc2cc(S(=O)(=O)N3CCCCCC3)ccc21)Nc1ccc(F)cc1F. The van der Waals surface area contributed by atoms with Crippen LogP contribution in [-0.2, 0) is 26.0 Å². The summed E-state index contributed by atoms with van der Waals surface area (Å²) in [6, 6.07) is 7.43. The van der Waals surface area contributed by atoms with Crippen LogP contribution in [0.2, 0.25) is 0 Å². The van der Waals surface area contributed by atoms with E-state index < -0.39 is 27.6 Å². The van der Waals surface area contributed by atoms with Crippen LogP contribution in [0.5, 0.6) is 0 Å². The van der Waals surface area contributed by atoms with Crippen molar-refractivity contribution in [2.24, 2.45) is 0 Å². The van der Waals surface area contributed by atoms with Gasteiger partial charge in [0.1, 0.15) is 18.2 Å². The highest BCUT2D eigenvalue weighted by atomic mass is 32.2. The van der Waals surface area contributed by atoms with Gasteiger partial charge in [-0.2, -0.15) is 4.31 Å². The number of nitrogens with zero attached hydrogens (tertiary/aromatic N) is 2. The average Bonchev–Trinajstić information content (AvgIpc) is 3.16. The minimum Gasteiger partial charge on any atom is -0.322 e. The quantitative estimate of drug-likeness (QED) is 0.689. The summed E-state index contributed by atoms with van der Waals surface area (Å²) in [5, 5.41) is 2.36. The van der Waals surface area contributed by atoms with E-state index in [1.54, 1.807) is 12.1 Å². The molecule has 1 N–H and O–H groups in total. The summed E-state index contributed by atoms with van der Waals surface area (Å²) in [5.41, 5.74) is 0.947. The molecule has 2 amide bonds. The Labute approximate surface area is 197 Å². The van der Waals surface area contributed by atoms with Crippen LogP contribution in [-0.4, -0.2) is 44.2 Å². The Morgan fingerprint density at radius 3 is 2.38 bits per heavy atom. The summed E-state index contributed by atoms with van der Waals surface area (Å²) in [6.07, 6.45) is 4.89. The van der Waals surface area contributed by atoms with E-state index in [1.807, 2.05) is 0 Å². The van der Waals surface area contributed by atoms with Crippen LogP contribution in [0.25, 0.3) is 0 Å². The molecule has 0 bridgehead atoms. The number of hydrogen-bond donors (Lipinski definition) is 1. The molecule has 2 aliphatic rings. The zero-order valence-corrected chi connectivity index (χ0v) is 19.5. The third-order valence-electron chi connectivity index (χ3n) is 6.19. The molecule has 2 heterocycles. The first-order chi connectivity index (χ1) is 16.3. The first-order valence-electron chi connectivity index (χ1n) is 11.4. The van der Waals surface area contributed by atoms with Gasteiger partial charge in [-0.15, -0.1) is 0 Å². The Bertz CT molecular complexity index is 1190. The van der Waals surface area contributed by atoms with Crippen LogP contribution in [0.4, 0.5) is 20.2 Å². The topological polar surface area (TPSA) is 86.8 Å². The lowest BCUT2D eigenvalue weighted by Crippen LogP contribution is -2.38. The highest BCUT2D eigenvalue weighted by Gasteiger charge is 2.29. The Balaban J connectivity index is 1.57. The molecular formula is C24H27F2N3O4S.